The highest BCUT2D eigenvalue weighted by molar-refractivity contribution is 6.06. The quantitative estimate of drug-likeness (QED) is 0.795. The Kier molecular flexibility index (Phi) is 5.52. The Morgan fingerprint density at radius 1 is 1.25 bits per heavy atom. The SMILES string of the molecule is COc1ccc(O)c(C2=NC(C3C(C(F)(F)F)=CCN(C)C3C)C(C)C=N2)c1. The molecule has 0 radical (unpaired) electrons. The second-order valence-electron chi connectivity index (χ2n) is 7.33. The van der Waals surface area contributed by atoms with Gasteiger partial charge in [-0.25, -0.2) is 4.99 Å². The predicted octanol–water partition coefficient (Wildman–Crippen LogP) is 3.68. The lowest BCUT2D eigenvalue weighted by atomic mass is 9.77. The van der Waals surface area contributed by atoms with Crippen LogP contribution in [0.3, 0.4) is 0 Å². The van der Waals surface area contributed by atoms with E-state index in [1.807, 2.05) is 11.8 Å². The molecule has 1 aromatic carbocycles. The van der Waals surface area contributed by atoms with Crippen LogP contribution in [0.2, 0.25) is 0 Å². The fourth-order valence-corrected chi connectivity index (χ4v) is 3.79. The van der Waals surface area contributed by atoms with Crippen molar-refractivity contribution in [1.29, 1.82) is 0 Å². The Morgan fingerprint density at radius 3 is 2.61 bits per heavy atom. The van der Waals surface area contributed by atoms with Gasteiger partial charge in [0.2, 0.25) is 0 Å². The average Bonchev–Trinajstić information content (AvgIpc) is 2.64. The lowest BCUT2D eigenvalue weighted by molar-refractivity contribution is -0.106. The number of phenols is 1. The van der Waals surface area contributed by atoms with Crippen LogP contribution in [0.1, 0.15) is 19.4 Å². The first-order valence-electron chi connectivity index (χ1n) is 9.10. The molecule has 3 rings (SSSR count). The van der Waals surface area contributed by atoms with Crippen molar-refractivity contribution in [3.05, 3.63) is 35.4 Å². The van der Waals surface area contributed by atoms with Gasteiger partial charge in [-0.05, 0) is 32.2 Å². The minimum atomic E-state index is -4.41. The Labute approximate surface area is 162 Å². The number of aromatic hydroxyl groups is 1. The molecule has 0 amide bonds. The third-order valence-electron chi connectivity index (χ3n) is 5.56. The second-order valence-corrected chi connectivity index (χ2v) is 7.33. The van der Waals surface area contributed by atoms with Crippen LogP contribution in [-0.4, -0.2) is 61.0 Å². The van der Waals surface area contributed by atoms with Crippen molar-refractivity contribution >= 4 is 12.1 Å². The molecule has 4 atom stereocenters. The summed E-state index contributed by atoms with van der Waals surface area (Å²) in [6, 6.07) is 3.63. The van der Waals surface area contributed by atoms with E-state index < -0.39 is 23.7 Å². The van der Waals surface area contributed by atoms with Crippen LogP contribution in [0.4, 0.5) is 13.2 Å². The highest BCUT2D eigenvalue weighted by Gasteiger charge is 2.48. The number of alkyl halides is 3. The highest BCUT2D eigenvalue weighted by Crippen LogP contribution is 2.41. The third-order valence-corrected chi connectivity index (χ3v) is 5.56. The van der Waals surface area contributed by atoms with E-state index in [1.54, 1.807) is 32.3 Å². The zero-order valence-electron chi connectivity index (χ0n) is 16.2. The average molecular weight is 395 g/mol. The maximum Gasteiger partial charge on any atom is 0.412 e. The van der Waals surface area contributed by atoms with E-state index >= 15 is 0 Å². The molecule has 0 fully saturated rings. The van der Waals surface area contributed by atoms with E-state index in [9.17, 15) is 18.3 Å². The molecule has 2 aliphatic rings. The number of aliphatic imine (C=N–C) groups is 2. The topological polar surface area (TPSA) is 57.4 Å². The molecule has 2 aliphatic heterocycles. The normalized spacial score (nSPS) is 28.7. The monoisotopic (exact) mass is 395 g/mol. The predicted molar refractivity (Wildman–Crippen MR) is 102 cm³/mol. The minimum Gasteiger partial charge on any atom is -0.507 e. The number of amidine groups is 1. The summed E-state index contributed by atoms with van der Waals surface area (Å²) in [7, 11) is 3.30. The smallest absolute Gasteiger partial charge is 0.412 e. The maximum absolute atomic E-state index is 13.7. The van der Waals surface area contributed by atoms with E-state index in [0.29, 0.717) is 11.3 Å². The van der Waals surface area contributed by atoms with Crippen molar-refractivity contribution in [2.24, 2.45) is 21.8 Å². The van der Waals surface area contributed by atoms with Crippen LogP contribution < -0.4 is 4.74 Å². The molecule has 2 heterocycles. The van der Waals surface area contributed by atoms with Crippen LogP contribution in [0, 0.1) is 11.8 Å². The van der Waals surface area contributed by atoms with Gasteiger partial charge in [-0.2, -0.15) is 13.2 Å². The molecule has 4 unspecified atom stereocenters. The van der Waals surface area contributed by atoms with Gasteiger partial charge in [0.15, 0.2) is 5.84 Å². The number of hydrogen-bond acceptors (Lipinski definition) is 5. The molecule has 0 aromatic heterocycles. The number of rotatable bonds is 3. The molecule has 0 spiro atoms. The van der Waals surface area contributed by atoms with Crippen molar-refractivity contribution in [3.8, 4) is 11.5 Å². The molecule has 0 bridgehead atoms. The maximum atomic E-state index is 13.7. The number of benzene rings is 1. The summed E-state index contributed by atoms with van der Waals surface area (Å²) >= 11 is 0. The molecule has 152 valence electrons. The van der Waals surface area contributed by atoms with Crippen molar-refractivity contribution < 1.29 is 23.0 Å². The van der Waals surface area contributed by atoms with Gasteiger partial charge in [0.05, 0.1) is 18.7 Å². The number of ether oxygens (including phenoxy) is 1. The van der Waals surface area contributed by atoms with E-state index in [1.165, 1.54) is 19.3 Å². The van der Waals surface area contributed by atoms with E-state index in [0.717, 1.165) is 0 Å². The second kappa shape index (κ2) is 7.58. The van der Waals surface area contributed by atoms with Crippen LogP contribution in [0.25, 0.3) is 0 Å². The van der Waals surface area contributed by atoms with Gasteiger partial charge < -0.3 is 9.84 Å². The number of methoxy groups -OCH3 is 1. The first-order valence-corrected chi connectivity index (χ1v) is 9.10. The standard InChI is InChI=1S/C20H24F3N3O2/c1-11-10-24-19(14-9-13(28-4)5-6-16(14)27)25-18(11)17-12(2)26(3)8-7-15(17)20(21,22)23/h5-7,9-12,17-18,27H,8H2,1-4H3. The van der Waals surface area contributed by atoms with Crippen molar-refractivity contribution in [2.75, 3.05) is 20.7 Å². The van der Waals surface area contributed by atoms with E-state index in [4.69, 9.17) is 4.74 Å². The number of nitrogens with zero attached hydrogens (tertiary/aromatic N) is 3. The Bertz CT molecular complexity index is 832. The summed E-state index contributed by atoms with van der Waals surface area (Å²) in [5, 5.41) is 10.2. The fourth-order valence-electron chi connectivity index (χ4n) is 3.79. The lowest BCUT2D eigenvalue weighted by Gasteiger charge is -2.42. The zero-order chi connectivity index (χ0) is 20.6. The molecular formula is C20H24F3N3O2. The molecule has 8 heteroatoms. The molecular weight excluding hydrogens is 371 g/mol. The molecule has 28 heavy (non-hydrogen) atoms. The van der Waals surface area contributed by atoms with Gasteiger partial charge in [-0.3, -0.25) is 9.89 Å². The molecule has 0 aliphatic carbocycles. The minimum absolute atomic E-state index is 0.0506. The number of hydrogen-bond donors (Lipinski definition) is 1. The lowest BCUT2D eigenvalue weighted by Crippen LogP contribution is -2.50. The molecule has 0 saturated heterocycles. The van der Waals surface area contributed by atoms with Gasteiger partial charge in [0, 0.05) is 36.2 Å². The summed E-state index contributed by atoms with van der Waals surface area (Å²) in [5.74, 6) is -0.446. The van der Waals surface area contributed by atoms with Crippen molar-refractivity contribution in [1.82, 2.24) is 4.90 Å². The van der Waals surface area contributed by atoms with E-state index in [2.05, 4.69) is 9.98 Å². The summed E-state index contributed by atoms with van der Waals surface area (Å²) < 4.78 is 46.4. The van der Waals surface area contributed by atoms with Crippen LogP contribution >= 0.6 is 0 Å². The fraction of sp³-hybridized carbons (Fsp3) is 0.500. The molecule has 1 aromatic rings. The van der Waals surface area contributed by atoms with Gasteiger partial charge in [-0.1, -0.05) is 13.0 Å². The number of likely N-dealkylation sites (N-methyl/N-ethyl adjacent to an activating group) is 1. The Hall–Kier alpha value is -2.35. The van der Waals surface area contributed by atoms with Crippen molar-refractivity contribution in [2.45, 2.75) is 32.1 Å². The van der Waals surface area contributed by atoms with Gasteiger partial charge in [-0.15, -0.1) is 0 Å². The largest absolute Gasteiger partial charge is 0.507 e. The number of phenolic OH excluding ortho intramolecular Hbond substituents is 1. The highest BCUT2D eigenvalue weighted by atomic mass is 19.4. The Morgan fingerprint density at radius 2 is 1.96 bits per heavy atom. The Balaban J connectivity index is 2.06. The third kappa shape index (κ3) is 3.78. The first-order chi connectivity index (χ1) is 13.1. The summed E-state index contributed by atoms with van der Waals surface area (Å²) in [6.07, 6.45) is -1.55. The van der Waals surface area contributed by atoms with Crippen molar-refractivity contribution in [3.63, 3.8) is 0 Å². The molecule has 1 N–H and O–H groups in total. The molecule has 0 saturated carbocycles. The van der Waals surface area contributed by atoms with Crippen LogP contribution in [0.5, 0.6) is 11.5 Å². The van der Waals surface area contributed by atoms with Crippen LogP contribution in [-0.2, 0) is 0 Å². The van der Waals surface area contributed by atoms with Gasteiger partial charge >= 0.3 is 6.18 Å². The molecule has 5 nitrogen and oxygen atoms in total. The van der Waals surface area contributed by atoms with Crippen LogP contribution in [0.15, 0.2) is 39.8 Å². The van der Waals surface area contributed by atoms with Gasteiger partial charge in [0.25, 0.3) is 0 Å². The van der Waals surface area contributed by atoms with Gasteiger partial charge in [0.1, 0.15) is 11.5 Å². The zero-order valence-corrected chi connectivity index (χ0v) is 16.2. The summed E-state index contributed by atoms with van der Waals surface area (Å²) in [6.45, 7) is 3.85. The summed E-state index contributed by atoms with van der Waals surface area (Å²) in [5.41, 5.74) is -0.204. The summed E-state index contributed by atoms with van der Waals surface area (Å²) in [4.78, 5) is 10.8. The van der Waals surface area contributed by atoms with E-state index in [-0.39, 0.29) is 30.1 Å². The first kappa shape index (κ1) is 20.4. The number of halogens is 3.